The Labute approximate surface area is 136 Å². The van der Waals surface area contributed by atoms with Crippen LogP contribution in [0.1, 0.15) is 32.8 Å². The van der Waals surface area contributed by atoms with E-state index in [1.165, 1.54) is 18.2 Å². The summed E-state index contributed by atoms with van der Waals surface area (Å²) in [6.07, 6.45) is -0.0987. The number of nitrogens with zero attached hydrogens (tertiary/aromatic N) is 1. The van der Waals surface area contributed by atoms with Crippen LogP contribution in [0.3, 0.4) is 0 Å². The van der Waals surface area contributed by atoms with Crippen molar-refractivity contribution in [2.24, 2.45) is 0 Å². The van der Waals surface area contributed by atoms with Crippen LogP contribution in [0.15, 0.2) is 23.1 Å². The first-order valence-corrected chi connectivity index (χ1v) is 10.1. The largest absolute Gasteiger partial charge is 0.273 e. The van der Waals surface area contributed by atoms with Crippen LogP contribution >= 0.6 is 0 Å². The Morgan fingerprint density at radius 3 is 2.30 bits per heavy atom. The molecule has 1 N–H and O–H groups in total. The van der Waals surface area contributed by atoms with E-state index in [-0.39, 0.29) is 22.8 Å². The number of benzene rings is 1. The predicted octanol–water partition coefficient (Wildman–Crippen LogP) is 1.14. The summed E-state index contributed by atoms with van der Waals surface area (Å²) in [7, 11) is -7.57. The van der Waals surface area contributed by atoms with Gasteiger partial charge < -0.3 is 0 Å². The third-order valence-corrected chi connectivity index (χ3v) is 6.81. The zero-order valence-corrected chi connectivity index (χ0v) is 15.1. The summed E-state index contributed by atoms with van der Waals surface area (Å²) in [5, 5.41) is 0. The molecule has 0 aliphatic carbocycles. The lowest BCUT2D eigenvalue weighted by Crippen LogP contribution is -2.40. The Bertz CT molecular complexity index is 852. The van der Waals surface area contributed by atoms with Crippen LogP contribution in [0.5, 0.6) is 0 Å². The van der Waals surface area contributed by atoms with Crippen LogP contribution < -0.4 is 9.03 Å². The van der Waals surface area contributed by atoms with Crippen LogP contribution in [-0.4, -0.2) is 34.0 Å². The lowest BCUT2D eigenvalue weighted by Gasteiger charge is -2.22. The second kappa shape index (κ2) is 5.57. The van der Waals surface area contributed by atoms with E-state index in [4.69, 9.17) is 0 Å². The van der Waals surface area contributed by atoms with Crippen molar-refractivity contribution in [3.8, 4) is 0 Å². The van der Waals surface area contributed by atoms with E-state index in [2.05, 4.69) is 4.72 Å². The molecule has 0 bridgehead atoms. The number of hydrogen-bond acceptors (Lipinski definition) is 5. The zero-order chi connectivity index (χ0) is 17.6. The number of rotatable bonds is 3. The van der Waals surface area contributed by atoms with Crippen molar-refractivity contribution < 1.29 is 21.6 Å². The minimum absolute atomic E-state index is 0.0418. The number of aryl methyl sites for hydroxylation is 1. The number of amides is 1. The maximum atomic E-state index is 12.5. The van der Waals surface area contributed by atoms with E-state index in [1.54, 1.807) is 27.7 Å². The van der Waals surface area contributed by atoms with Gasteiger partial charge in [-0.3, -0.25) is 4.79 Å². The highest BCUT2D eigenvalue weighted by Gasteiger charge is 2.37. The van der Waals surface area contributed by atoms with Crippen molar-refractivity contribution in [1.82, 2.24) is 4.72 Å². The minimum atomic E-state index is -3.84. The van der Waals surface area contributed by atoms with E-state index in [1.807, 2.05) is 0 Å². The highest BCUT2D eigenvalue weighted by Crippen LogP contribution is 2.29. The molecule has 1 aromatic carbocycles. The number of carbonyl (C=O) groups excluding carboxylic acids is 1. The molecule has 1 heterocycles. The first-order chi connectivity index (χ1) is 10.3. The van der Waals surface area contributed by atoms with Gasteiger partial charge in [0.15, 0.2) is 0 Å². The maximum absolute atomic E-state index is 12.5. The normalized spacial score (nSPS) is 18.4. The smallest absolute Gasteiger partial charge is 0.242 e. The second-order valence-electron chi connectivity index (χ2n) is 6.53. The predicted molar refractivity (Wildman–Crippen MR) is 87.1 cm³/mol. The fourth-order valence-electron chi connectivity index (χ4n) is 2.33. The topological polar surface area (TPSA) is 101 Å². The molecule has 1 aliphatic rings. The highest BCUT2D eigenvalue weighted by molar-refractivity contribution is 7.94. The Kier molecular flexibility index (Phi) is 4.33. The number of carbonyl (C=O) groups is 1. The van der Waals surface area contributed by atoms with E-state index in [0.29, 0.717) is 9.87 Å². The van der Waals surface area contributed by atoms with Gasteiger partial charge in [0, 0.05) is 12.0 Å². The molecule has 0 spiro atoms. The fraction of sp³-hybridized carbons (Fsp3) is 0.500. The van der Waals surface area contributed by atoms with Gasteiger partial charge in [-0.1, -0.05) is 6.07 Å². The summed E-state index contributed by atoms with van der Waals surface area (Å²) in [6, 6.07) is 4.16. The van der Waals surface area contributed by atoms with Gasteiger partial charge in [0.25, 0.3) is 0 Å². The average molecular weight is 360 g/mol. The quantitative estimate of drug-likeness (QED) is 0.871. The second-order valence-corrected chi connectivity index (χ2v) is 10.1. The maximum Gasteiger partial charge on any atom is 0.242 e. The molecule has 7 nitrogen and oxygen atoms in total. The van der Waals surface area contributed by atoms with Crippen molar-refractivity contribution in [1.29, 1.82) is 0 Å². The average Bonchev–Trinajstić information content (AvgIpc) is 2.61. The Morgan fingerprint density at radius 1 is 1.22 bits per heavy atom. The summed E-state index contributed by atoms with van der Waals surface area (Å²) < 4.78 is 52.2. The SMILES string of the molecule is Cc1ccc(N2C(=O)CCS2(=O)=O)cc1S(=O)(=O)NC(C)(C)C. The Morgan fingerprint density at radius 2 is 1.83 bits per heavy atom. The fourth-order valence-corrected chi connectivity index (χ4v) is 5.47. The Balaban J connectivity index is 2.55. The van der Waals surface area contributed by atoms with Crippen LogP contribution in [-0.2, 0) is 24.8 Å². The molecular weight excluding hydrogens is 340 g/mol. The molecule has 0 aromatic heterocycles. The summed E-state index contributed by atoms with van der Waals surface area (Å²) in [5.74, 6) is -0.817. The van der Waals surface area contributed by atoms with E-state index in [0.717, 1.165) is 0 Å². The van der Waals surface area contributed by atoms with Crippen LogP contribution in [0.4, 0.5) is 5.69 Å². The van der Waals surface area contributed by atoms with Crippen molar-refractivity contribution in [3.05, 3.63) is 23.8 Å². The first kappa shape index (κ1) is 17.9. The van der Waals surface area contributed by atoms with E-state index < -0.39 is 31.5 Å². The molecule has 0 saturated carbocycles. The van der Waals surface area contributed by atoms with E-state index >= 15 is 0 Å². The summed E-state index contributed by atoms with van der Waals surface area (Å²) in [6.45, 7) is 6.73. The summed E-state index contributed by atoms with van der Waals surface area (Å²) in [5.41, 5.74) is -0.168. The molecule has 9 heteroatoms. The summed E-state index contributed by atoms with van der Waals surface area (Å²) >= 11 is 0. The van der Waals surface area contributed by atoms with Crippen molar-refractivity contribution in [2.45, 2.75) is 44.6 Å². The van der Waals surface area contributed by atoms with Gasteiger partial charge in [0.2, 0.25) is 26.0 Å². The van der Waals surface area contributed by atoms with Crippen molar-refractivity contribution in [3.63, 3.8) is 0 Å². The van der Waals surface area contributed by atoms with Gasteiger partial charge in [-0.2, -0.15) is 0 Å². The van der Waals surface area contributed by atoms with Crippen LogP contribution in [0.2, 0.25) is 0 Å². The van der Waals surface area contributed by atoms with Gasteiger partial charge in [-0.05, 0) is 45.4 Å². The molecule has 0 atom stereocenters. The molecule has 1 amide bonds. The molecule has 1 saturated heterocycles. The van der Waals surface area contributed by atoms with Gasteiger partial charge in [0.05, 0.1) is 16.3 Å². The standard InChI is InChI=1S/C14H20N2O5S2/c1-10-5-6-11(16-13(17)7-8-22(16,18)19)9-12(10)23(20,21)15-14(2,3)4/h5-6,9,15H,7-8H2,1-4H3. The molecule has 1 aliphatic heterocycles. The molecule has 2 rings (SSSR count). The molecule has 1 fully saturated rings. The number of hydrogen-bond donors (Lipinski definition) is 1. The molecule has 0 radical (unpaired) electrons. The third kappa shape index (κ3) is 3.73. The molecular formula is C14H20N2O5S2. The van der Waals surface area contributed by atoms with Gasteiger partial charge >= 0.3 is 0 Å². The lowest BCUT2D eigenvalue weighted by molar-refractivity contribution is -0.116. The molecule has 0 unspecified atom stereocenters. The number of anilines is 1. The first-order valence-electron chi connectivity index (χ1n) is 7.04. The number of sulfonamides is 2. The lowest BCUT2D eigenvalue weighted by atomic mass is 10.1. The van der Waals surface area contributed by atoms with Gasteiger partial charge in [-0.25, -0.2) is 25.9 Å². The zero-order valence-electron chi connectivity index (χ0n) is 13.5. The monoisotopic (exact) mass is 360 g/mol. The number of nitrogens with one attached hydrogen (secondary N) is 1. The van der Waals surface area contributed by atoms with Crippen LogP contribution in [0.25, 0.3) is 0 Å². The van der Waals surface area contributed by atoms with Gasteiger partial charge in [-0.15, -0.1) is 0 Å². The molecule has 23 heavy (non-hydrogen) atoms. The highest BCUT2D eigenvalue weighted by atomic mass is 32.2. The van der Waals surface area contributed by atoms with Crippen molar-refractivity contribution >= 4 is 31.6 Å². The van der Waals surface area contributed by atoms with Gasteiger partial charge in [0.1, 0.15) is 0 Å². The molecule has 1 aromatic rings. The van der Waals surface area contributed by atoms with Crippen LogP contribution in [0, 0.1) is 6.92 Å². The Hall–Kier alpha value is -1.45. The van der Waals surface area contributed by atoms with E-state index in [9.17, 15) is 21.6 Å². The third-order valence-electron chi connectivity index (χ3n) is 3.21. The molecule has 128 valence electrons. The summed E-state index contributed by atoms with van der Waals surface area (Å²) in [4.78, 5) is 11.8. The minimum Gasteiger partial charge on any atom is -0.273 e. The van der Waals surface area contributed by atoms with Crippen molar-refractivity contribution in [2.75, 3.05) is 10.1 Å².